The molecule has 102 valence electrons. The summed E-state index contributed by atoms with van der Waals surface area (Å²) in [6.07, 6.45) is 0.943. The van der Waals surface area contributed by atoms with Crippen LogP contribution in [0, 0.1) is 5.92 Å². The first-order chi connectivity index (χ1) is 8.11. The zero-order valence-corrected chi connectivity index (χ0v) is 11.6. The molecule has 0 saturated carbocycles. The fourth-order valence-corrected chi connectivity index (χ4v) is 1.32. The molecule has 0 aromatic heterocycles. The van der Waals surface area contributed by atoms with Gasteiger partial charge in [-0.2, -0.15) is 0 Å². The molecule has 0 aliphatic carbocycles. The molecular formula is C12H27N3O2. The maximum atomic E-state index is 5.97. The van der Waals surface area contributed by atoms with E-state index in [2.05, 4.69) is 18.8 Å². The second kappa shape index (κ2) is 10.4. The molecule has 5 nitrogen and oxygen atoms in total. The highest BCUT2D eigenvalue weighted by Gasteiger charge is 2.07. The Hall–Kier alpha value is -0.810. The highest BCUT2D eigenvalue weighted by molar-refractivity contribution is 5.78. The van der Waals surface area contributed by atoms with Crippen molar-refractivity contribution in [3.8, 4) is 0 Å². The molecule has 0 atom stereocenters. The molecule has 0 saturated heterocycles. The van der Waals surface area contributed by atoms with E-state index in [0.717, 1.165) is 32.7 Å². The Bertz CT molecular complexity index is 208. The minimum atomic E-state index is 0.525. The molecule has 17 heavy (non-hydrogen) atoms. The average Bonchev–Trinajstić information content (AvgIpc) is 2.30. The summed E-state index contributed by atoms with van der Waals surface area (Å²) in [7, 11) is 3.39. The van der Waals surface area contributed by atoms with Gasteiger partial charge in [0.15, 0.2) is 5.96 Å². The molecule has 0 unspecified atom stereocenters. The summed E-state index contributed by atoms with van der Waals surface area (Å²) in [5, 5.41) is 0. The van der Waals surface area contributed by atoms with E-state index in [0.29, 0.717) is 18.5 Å². The Morgan fingerprint density at radius 3 is 2.35 bits per heavy atom. The van der Waals surface area contributed by atoms with Gasteiger partial charge in [0.25, 0.3) is 0 Å². The third-order valence-electron chi connectivity index (χ3n) is 2.28. The van der Waals surface area contributed by atoms with Gasteiger partial charge in [-0.05, 0) is 12.3 Å². The van der Waals surface area contributed by atoms with Gasteiger partial charge in [0.1, 0.15) is 0 Å². The van der Waals surface area contributed by atoms with Crippen LogP contribution in [0.2, 0.25) is 0 Å². The fraction of sp³-hybridized carbons (Fsp3) is 0.917. The Morgan fingerprint density at radius 1 is 1.18 bits per heavy atom. The number of ether oxygens (including phenoxy) is 2. The van der Waals surface area contributed by atoms with Gasteiger partial charge >= 0.3 is 0 Å². The van der Waals surface area contributed by atoms with Gasteiger partial charge in [0.2, 0.25) is 0 Å². The Balaban J connectivity index is 4.17. The molecule has 5 heteroatoms. The number of hydrogen-bond donors (Lipinski definition) is 1. The van der Waals surface area contributed by atoms with Gasteiger partial charge < -0.3 is 20.1 Å². The first-order valence-corrected chi connectivity index (χ1v) is 6.14. The summed E-state index contributed by atoms with van der Waals surface area (Å²) in [5.41, 5.74) is 5.97. The van der Waals surface area contributed by atoms with E-state index in [1.807, 2.05) is 4.90 Å². The molecule has 0 aliphatic heterocycles. The number of hydrogen-bond acceptors (Lipinski definition) is 3. The van der Waals surface area contributed by atoms with Crippen molar-refractivity contribution in [3.05, 3.63) is 0 Å². The van der Waals surface area contributed by atoms with Crippen molar-refractivity contribution in [2.45, 2.75) is 20.3 Å². The van der Waals surface area contributed by atoms with E-state index in [1.54, 1.807) is 14.2 Å². The van der Waals surface area contributed by atoms with Crippen molar-refractivity contribution in [1.29, 1.82) is 0 Å². The van der Waals surface area contributed by atoms with Crippen molar-refractivity contribution in [3.63, 3.8) is 0 Å². The van der Waals surface area contributed by atoms with Crippen LogP contribution in [0.4, 0.5) is 0 Å². The molecule has 0 heterocycles. The molecule has 0 bridgehead atoms. The minimum absolute atomic E-state index is 0.525. The second-order valence-electron chi connectivity index (χ2n) is 4.42. The number of aliphatic imine (C=N–C) groups is 1. The number of nitrogens with zero attached hydrogens (tertiary/aromatic N) is 2. The third kappa shape index (κ3) is 8.94. The van der Waals surface area contributed by atoms with Gasteiger partial charge in [-0.1, -0.05) is 13.8 Å². The van der Waals surface area contributed by atoms with Crippen molar-refractivity contribution in [2.75, 3.05) is 47.1 Å². The van der Waals surface area contributed by atoms with Gasteiger partial charge in [-0.25, -0.2) is 0 Å². The Labute approximate surface area is 105 Å². The number of nitrogens with two attached hydrogens (primary N) is 1. The van der Waals surface area contributed by atoms with Crippen LogP contribution < -0.4 is 5.73 Å². The van der Waals surface area contributed by atoms with E-state index in [4.69, 9.17) is 15.2 Å². The van der Waals surface area contributed by atoms with Gasteiger partial charge in [-0.3, -0.25) is 4.99 Å². The van der Waals surface area contributed by atoms with E-state index >= 15 is 0 Å². The lowest BCUT2D eigenvalue weighted by Crippen LogP contribution is -2.40. The highest BCUT2D eigenvalue weighted by atomic mass is 16.5. The molecule has 0 spiro atoms. The van der Waals surface area contributed by atoms with Crippen LogP contribution in [0.5, 0.6) is 0 Å². The van der Waals surface area contributed by atoms with E-state index < -0.39 is 0 Å². The molecule has 0 aromatic carbocycles. The summed E-state index contributed by atoms with van der Waals surface area (Å²) in [5.74, 6) is 1.13. The summed E-state index contributed by atoms with van der Waals surface area (Å²) < 4.78 is 10.1. The lowest BCUT2D eigenvalue weighted by Gasteiger charge is -2.23. The monoisotopic (exact) mass is 245 g/mol. The molecule has 0 amide bonds. The summed E-state index contributed by atoms with van der Waals surface area (Å²) in [6, 6.07) is 0. The van der Waals surface area contributed by atoms with E-state index in [-0.39, 0.29) is 0 Å². The summed E-state index contributed by atoms with van der Waals surface area (Å²) in [6.45, 7) is 8.03. The Kier molecular flexibility index (Phi) is 9.86. The van der Waals surface area contributed by atoms with Crippen LogP contribution in [-0.2, 0) is 9.47 Å². The van der Waals surface area contributed by atoms with Crippen molar-refractivity contribution in [2.24, 2.45) is 16.6 Å². The first-order valence-electron chi connectivity index (χ1n) is 6.14. The molecule has 0 rings (SSSR count). The normalized spacial score (nSPS) is 12.2. The number of methoxy groups -OCH3 is 2. The van der Waals surface area contributed by atoms with Gasteiger partial charge in [-0.15, -0.1) is 0 Å². The Morgan fingerprint density at radius 2 is 1.82 bits per heavy atom. The van der Waals surface area contributed by atoms with Crippen LogP contribution in [-0.4, -0.2) is 57.9 Å². The fourth-order valence-electron chi connectivity index (χ4n) is 1.32. The maximum Gasteiger partial charge on any atom is 0.191 e. The van der Waals surface area contributed by atoms with Crippen LogP contribution in [0.3, 0.4) is 0 Å². The van der Waals surface area contributed by atoms with E-state index in [9.17, 15) is 0 Å². The third-order valence-corrected chi connectivity index (χ3v) is 2.28. The quantitative estimate of drug-likeness (QED) is 0.373. The number of rotatable bonds is 9. The van der Waals surface area contributed by atoms with Crippen LogP contribution in [0.15, 0.2) is 4.99 Å². The largest absolute Gasteiger partial charge is 0.385 e. The standard InChI is InChI=1S/C12H27N3O2/c1-11(2)10-14-12(13)15(7-9-17-4)6-5-8-16-3/h11H,5-10H2,1-4H3,(H2,13,14). The van der Waals surface area contributed by atoms with Crippen LogP contribution in [0.1, 0.15) is 20.3 Å². The molecule has 2 N–H and O–H groups in total. The summed E-state index contributed by atoms with van der Waals surface area (Å²) >= 11 is 0. The second-order valence-corrected chi connectivity index (χ2v) is 4.42. The lowest BCUT2D eigenvalue weighted by molar-refractivity contribution is 0.160. The van der Waals surface area contributed by atoms with Crippen molar-refractivity contribution in [1.82, 2.24) is 4.90 Å². The zero-order chi connectivity index (χ0) is 13.1. The molecule has 0 aliphatic rings. The van der Waals surface area contributed by atoms with Crippen LogP contribution >= 0.6 is 0 Å². The SMILES string of the molecule is COCCCN(CCOC)C(N)=NCC(C)C. The minimum Gasteiger partial charge on any atom is -0.385 e. The molecule has 0 radical (unpaired) electrons. The van der Waals surface area contributed by atoms with E-state index in [1.165, 1.54) is 0 Å². The summed E-state index contributed by atoms with van der Waals surface area (Å²) in [4.78, 5) is 6.43. The number of guanidine groups is 1. The van der Waals surface area contributed by atoms with Crippen LogP contribution in [0.25, 0.3) is 0 Å². The smallest absolute Gasteiger partial charge is 0.191 e. The highest BCUT2D eigenvalue weighted by Crippen LogP contribution is 1.96. The predicted octanol–water partition coefficient (Wildman–Crippen LogP) is 0.942. The average molecular weight is 245 g/mol. The van der Waals surface area contributed by atoms with Crippen molar-refractivity contribution < 1.29 is 9.47 Å². The van der Waals surface area contributed by atoms with Gasteiger partial charge in [0.05, 0.1) is 6.61 Å². The molecular weight excluding hydrogens is 218 g/mol. The molecule has 0 aromatic rings. The topological polar surface area (TPSA) is 60.1 Å². The maximum absolute atomic E-state index is 5.97. The first kappa shape index (κ1) is 16.2. The zero-order valence-electron chi connectivity index (χ0n) is 11.6. The lowest BCUT2D eigenvalue weighted by atomic mass is 10.2. The van der Waals surface area contributed by atoms with Crippen molar-refractivity contribution >= 4 is 5.96 Å². The molecule has 0 fully saturated rings. The van der Waals surface area contributed by atoms with Gasteiger partial charge in [0, 0.05) is 40.5 Å². The predicted molar refractivity (Wildman–Crippen MR) is 71.3 cm³/mol.